The summed E-state index contributed by atoms with van der Waals surface area (Å²) in [5, 5.41) is 0.183. The molecule has 0 radical (unpaired) electrons. The minimum absolute atomic E-state index is 0.183. The Kier molecular flexibility index (Phi) is 2.74. The second-order valence-corrected chi connectivity index (χ2v) is 3.99. The fraction of sp³-hybridized carbons (Fsp3) is 0.455. The Hall–Kier alpha value is -0.690. The van der Waals surface area contributed by atoms with Gasteiger partial charge in [0, 0.05) is 0 Å². The molecule has 1 aromatic rings. The van der Waals surface area contributed by atoms with Crippen LogP contribution in [0.5, 0.6) is 0 Å². The molecule has 0 N–H and O–H groups in total. The molecule has 70 valence electrons. The smallest absolute Gasteiger partial charge is 0.129 e. The lowest BCUT2D eigenvalue weighted by molar-refractivity contribution is 0.549. The molecular formula is C11H13ClO. The molecule has 1 aromatic heterocycles. The third-order valence-electron chi connectivity index (χ3n) is 2.40. The number of alkyl halides is 1. The van der Waals surface area contributed by atoms with Gasteiger partial charge in [-0.1, -0.05) is 12.5 Å². The zero-order valence-electron chi connectivity index (χ0n) is 7.50. The summed E-state index contributed by atoms with van der Waals surface area (Å²) in [6.45, 7) is 0. The van der Waals surface area contributed by atoms with Crippen LogP contribution in [0.15, 0.2) is 28.9 Å². The van der Waals surface area contributed by atoms with Gasteiger partial charge in [-0.05, 0) is 37.0 Å². The number of allylic oxidation sites excluding steroid dienone is 2. The van der Waals surface area contributed by atoms with Crippen LogP contribution in [0.4, 0.5) is 0 Å². The maximum Gasteiger partial charge on any atom is 0.129 e. The molecular weight excluding hydrogens is 184 g/mol. The average molecular weight is 197 g/mol. The van der Waals surface area contributed by atoms with Gasteiger partial charge < -0.3 is 4.42 Å². The number of hydrogen-bond donors (Lipinski definition) is 0. The Labute approximate surface area is 83.4 Å². The summed E-state index contributed by atoms with van der Waals surface area (Å²) in [6.07, 6.45) is 8.46. The fourth-order valence-corrected chi connectivity index (χ4v) is 2.01. The van der Waals surface area contributed by atoms with Crippen LogP contribution in [0.25, 0.3) is 5.57 Å². The van der Waals surface area contributed by atoms with Crippen molar-refractivity contribution in [3.05, 3.63) is 30.2 Å². The molecule has 2 rings (SSSR count). The van der Waals surface area contributed by atoms with Crippen LogP contribution in [-0.4, -0.2) is 5.38 Å². The van der Waals surface area contributed by atoms with Gasteiger partial charge >= 0.3 is 0 Å². The first-order valence-corrected chi connectivity index (χ1v) is 5.18. The number of halogens is 1. The molecule has 0 fully saturated rings. The Morgan fingerprint density at radius 1 is 1.38 bits per heavy atom. The van der Waals surface area contributed by atoms with Crippen LogP contribution in [-0.2, 0) is 0 Å². The van der Waals surface area contributed by atoms with Gasteiger partial charge in [0.1, 0.15) is 5.76 Å². The largest absolute Gasteiger partial charge is 0.465 e. The van der Waals surface area contributed by atoms with E-state index in [1.54, 1.807) is 6.26 Å². The van der Waals surface area contributed by atoms with E-state index < -0.39 is 0 Å². The first kappa shape index (κ1) is 8.89. The molecule has 1 aliphatic rings. The zero-order valence-corrected chi connectivity index (χ0v) is 8.26. The summed E-state index contributed by atoms with van der Waals surface area (Å²) in [5.41, 5.74) is 1.27. The highest BCUT2D eigenvalue weighted by Crippen LogP contribution is 2.28. The van der Waals surface area contributed by atoms with E-state index in [4.69, 9.17) is 16.0 Å². The summed E-state index contributed by atoms with van der Waals surface area (Å²) >= 11 is 6.11. The van der Waals surface area contributed by atoms with E-state index in [0.717, 1.165) is 18.6 Å². The minimum atomic E-state index is 0.183. The van der Waals surface area contributed by atoms with Crippen molar-refractivity contribution in [2.24, 2.45) is 0 Å². The van der Waals surface area contributed by atoms with Crippen LogP contribution < -0.4 is 0 Å². The van der Waals surface area contributed by atoms with Gasteiger partial charge in [0.15, 0.2) is 0 Å². The lowest BCUT2D eigenvalue weighted by Gasteiger charge is -2.01. The molecule has 0 bridgehead atoms. The molecule has 0 amide bonds. The molecule has 1 aliphatic carbocycles. The van der Waals surface area contributed by atoms with Gasteiger partial charge in [-0.2, -0.15) is 0 Å². The van der Waals surface area contributed by atoms with Gasteiger partial charge in [-0.3, -0.25) is 0 Å². The molecule has 0 aliphatic heterocycles. The Morgan fingerprint density at radius 3 is 3.08 bits per heavy atom. The maximum absolute atomic E-state index is 6.11. The molecule has 0 aromatic carbocycles. The quantitative estimate of drug-likeness (QED) is 0.622. The van der Waals surface area contributed by atoms with Crippen molar-refractivity contribution in [3.63, 3.8) is 0 Å². The van der Waals surface area contributed by atoms with Crippen molar-refractivity contribution < 1.29 is 4.42 Å². The van der Waals surface area contributed by atoms with Gasteiger partial charge in [-0.15, -0.1) is 11.6 Å². The highest BCUT2D eigenvalue weighted by Gasteiger charge is 2.12. The topological polar surface area (TPSA) is 13.1 Å². The highest BCUT2D eigenvalue weighted by molar-refractivity contribution is 6.22. The monoisotopic (exact) mass is 196 g/mol. The van der Waals surface area contributed by atoms with E-state index in [-0.39, 0.29) is 5.38 Å². The lowest BCUT2D eigenvalue weighted by Crippen LogP contribution is -1.90. The van der Waals surface area contributed by atoms with E-state index >= 15 is 0 Å². The molecule has 0 saturated heterocycles. The number of furan rings is 1. The SMILES string of the molecule is ClC1C=C(c2ccco2)CCCC1. The van der Waals surface area contributed by atoms with Crippen LogP contribution >= 0.6 is 11.6 Å². The highest BCUT2D eigenvalue weighted by atomic mass is 35.5. The van der Waals surface area contributed by atoms with Crippen molar-refractivity contribution >= 4 is 17.2 Å². The predicted octanol–water partition coefficient (Wildman–Crippen LogP) is 3.84. The Morgan fingerprint density at radius 2 is 2.31 bits per heavy atom. The van der Waals surface area contributed by atoms with Gasteiger partial charge in [-0.25, -0.2) is 0 Å². The Balaban J connectivity index is 2.21. The summed E-state index contributed by atoms with van der Waals surface area (Å²) in [7, 11) is 0. The fourth-order valence-electron chi connectivity index (χ4n) is 1.71. The third kappa shape index (κ3) is 2.16. The van der Waals surface area contributed by atoms with Crippen molar-refractivity contribution in [2.45, 2.75) is 31.1 Å². The number of hydrogen-bond acceptors (Lipinski definition) is 1. The molecule has 1 unspecified atom stereocenters. The molecule has 0 spiro atoms. The predicted molar refractivity (Wildman–Crippen MR) is 54.8 cm³/mol. The van der Waals surface area contributed by atoms with Crippen LogP contribution in [0.3, 0.4) is 0 Å². The zero-order chi connectivity index (χ0) is 9.10. The second kappa shape index (κ2) is 4.01. The Bertz CT molecular complexity index is 287. The van der Waals surface area contributed by atoms with Crippen molar-refractivity contribution in [1.82, 2.24) is 0 Å². The summed E-state index contributed by atoms with van der Waals surface area (Å²) in [4.78, 5) is 0. The molecule has 1 nitrogen and oxygen atoms in total. The molecule has 13 heavy (non-hydrogen) atoms. The summed E-state index contributed by atoms with van der Waals surface area (Å²) < 4.78 is 5.35. The first-order chi connectivity index (χ1) is 6.36. The van der Waals surface area contributed by atoms with Gasteiger partial charge in [0.05, 0.1) is 11.6 Å². The standard InChI is InChI=1S/C11H13ClO/c12-10-5-2-1-4-9(8-10)11-6-3-7-13-11/h3,6-8,10H,1-2,4-5H2. The van der Waals surface area contributed by atoms with Gasteiger partial charge in [0.25, 0.3) is 0 Å². The van der Waals surface area contributed by atoms with Gasteiger partial charge in [0.2, 0.25) is 0 Å². The van der Waals surface area contributed by atoms with Crippen molar-refractivity contribution in [1.29, 1.82) is 0 Å². The first-order valence-electron chi connectivity index (χ1n) is 4.75. The van der Waals surface area contributed by atoms with E-state index in [0.29, 0.717) is 0 Å². The maximum atomic E-state index is 6.11. The van der Waals surface area contributed by atoms with Crippen molar-refractivity contribution in [2.75, 3.05) is 0 Å². The summed E-state index contributed by atoms with van der Waals surface area (Å²) in [5.74, 6) is 0.979. The molecule has 1 atom stereocenters. The third-order valence-corrected chi connectivity index (χ3v) is 2.74. The molecule has 2 heteroatoms. The lowest BCUT2D eigenvalue weighted by atomic mass is 10.1. The second-order valence-electron chi connectivity index (χ2n) is 3.43. The number of rotatable bonds is 1. The van der Waals surface area contributed by atoms with E-state index in [2.05, 4.69) is 6.08 Å². The van der Waals surface area contributed by atoms with Crippen LogP contribution in [0.1, 0.15) is 31.4 Å². The molecule has 0 saturated carbocycles. The molecule has 1 heterocycles. The van der Waals surface area contributed by atoms with Crippen molar-refractivity contribution in [3.8, 4) is 0 Å². The normalized spacial score (nSPS) is 23.8. The average Bonchev–Trinajstić information content (AvgIpc) is 2.56. The summed E-state index contributed by atoms with van der Waals surface area (Å²) in [6, 6.07) is 3.92. The van der Waals surface area contributed by atoms with Crippen LogP contribution in [0.2, 0.25) is 0 Å². The minimum Gasteiger partial charge on any atom is -0.465 e. The van der Waals surface area contributed by atoms with E-state index in [9.17, 15) is 0 Å². The van der Waals surface area contributed by atoms with Crippen LogP contribution in [0, 0.1) is 0 Å². The van der Waals surface area contributed by atoms with E-state index in [1.807, 2.05) is 12.1 Å². The van der Waals surface area contributed by atoms with E-state index in [1.165, 1.54) is 18.4 Å².